The summed E-state index contributed by atoms with van der Waals surface area (Å²) in [6.45, 7) is 2.95. The molecular weight excluding hydrogens is 584 g/mol. The number of nitrogens with zero attached hydrogens (tertiary/aromatic N) is 2. The molecule has 1 aliphatic heterocycles. The van der Waals surface area contributed by atoms with E-state index in [2.05, 4.69) is 36.4 Å². The molecule has 5 rings (SSSR count). The van der Waals surface area contributed by atoms with Crippen molar-refractivity contribution in [1.82, 2.24) is 5.06 Å². The molecule has 0 bridgehead atoms. The molecule has 4 aromatic carbocycles. The van der Waals surface area contributed by atoms with Crippen molar-refractivity contribution in [3.8, 4) is 23.3 Å². The minimum Gasteiger partial charge on any atom is -0.496 e. The van der Waals surface area contributed by atoms with Crippen molar-refractivity contribution in [1.29, 1.82) is 5.26 Å². The van der Waals surface area contributed by atoms with E-state index >= 15 is 0 Å². The first-order valence-electron chi connectivity index (χ1n) is 15.6. The van der Waals surface area contributed by atoms with E-state index in [0.717, 1.165) is 39.8 Å². The minimum absolute atomic E-state index is 0.112. The lowest BCUT2D eigenvalue weighted by Gasteiger charge is -2.38. The lowest BCUT2D eigenvalue weighted by molar-refractivity contribution is -0.214. The molecule has 0 aliphatic carbocycles. The molecule has 0 saturated carbocycles. The van der Waals surface area contributed by atoms with Gasteiger partial charge in [-0.25, -0.2) is 0 Å². The Morgan fingerprint density at radius 1 is 0.913 bits per heavy atom. The fourth-order valence-electron chi connectivity index (χ4n) is 5.73. The Labute approximate surface area is 270 Å². The number of aliphatic hydroxyl groups excluding tert-OH is 1. The van der Waals surface area contributed by atoms with Gasteiger partial charge in [-0.15, -0.1) is 0 Å². The number of benzene rings is 4. The summed E-state index contributed by atoms with van der Waals surface area (Å²) in [6.07, 6.45) is 0.610. The SMILES string of the molecule is COCC(O)CON1CCC(c2cccc(OCCCOc3ccccc3C#N)c2)C(OCc2cc(OC)c3ccccc3c2)C1. The third-order valence-electron chi connectivity index (χ3n) is 8.01. The molecule has 0 amide bonds. The highest BCUT2D eigenvalue weighted by Crippen LogP contribution is 2.34. The van der Waals surface area contributed by atoms with Gasteiger partial charge in [0.2, 0.25) is 0 Å². The van der Waals surface area contributed by atoms with Gasteiger partial charge in [0.1, 0.15) is 29.4 Å². The van der Waals surface area contributed by atoms with Gasteiger partial charge in [-0.1, -0.05) is 48.5 Å². The number of hydrogen-bond acceptors (Lipinski definition) is 9. The zero-order valence-electron chi connectivity index (χ0n) is 26.5. The summed E-state index contributed by atoms with van der Waals surface area (Å²) in [5, 5.41) is 23.4. The standard InChI is InChI=1S/C37H42N2O7/c1-41-25-31(40)26-46-39-16-15-34(37(23-39)45-24-27-19-28-9-3-5-13-33(28)36(20-27)42-2)29-11-7-12-32(21-29)43-17-8-18-44-35-14-6-4-10-30(35)22-38/h3-7,9-14,19-21,31,34,37,40H,8,15-18,23-26H2,1-2H3. The first kappa shape index (κ1) is 33.2. The quantitative estimate of drug-likeness (QED) is 0.153. The maximum atomic E-state index is 10.1. The molecule has 4 aromatic rings. The van der Waals surface area contributed by atoms with Crippen molar-refractivity contribution in [3.63, 3.8) is 0 Å². The molecule has 1 heterocycles. The number of methoxy groups -OCH3 is 2. The van der Waals surface area contributed by atoms with Crippen molar-refractivity contribution >= 4 is 10.8 Å². The van der Waals surface area contributed by atoms with Crippen LogP contribution in [0.15, 0.2) is 84.9 Å². The van der Waals surface area contributed by atoms with E-state index in [4.69, 9.17) is 28.5 Å². The fourth-order valence-corrected chi connectivity index (χ4v) is 5.73. The predicted octanol–water partition coefficient (Wildman–Crippen LogP) is 5.88. The van der Waals surface area contributed by atoms with E-state index in [1.807, 2.05) is 47.5 Å². The summed E-state index contributed by atoms with van der Waals surface area (Å²) >= 11 is 0. The molecule has 1 saturated heterocycles. The predicted molar refractivity (Wildman–Crippen MR) is 175 cm³/mol. The Hall–Kier alpha value is -4.17. The molecule has 3 atom stereocenters. The summed E-state index contributed by atoms with van der Waals surface area (Å²) in [4.78, 5) is 5.95. The largest absolute Gasteiger partial charge is 0.496 e. The number of ether oxygens (including phenoxy) is 5. The van der Waals surface area contributed by atoms with Gasteiger partial charge in [-0.2, -0.15) is 10.3 Å². The third kappa shape index (κ3) is 8.97. The highest BCUT2D eigenvalue weighted by Gasteiger charge is 2.32. The van der Waals surface area contributed by atoms with Gasteiger partial charge in [0.15, 0.2) is 0 Å². The van der Waals surface area contributed by atoms with Crippen LogP contribution in [0.25, 0.3) is 10.8 Å². The van der Waals surface area contributed by atoms with Crippen molar-refractivity contribution in [2.45, 2.75) is 37.6 Å². The van der Waals surface area contributed by atoms with E-state index in [1.54, 1.807) is 26.4 Å². The number of nitriles is 1. The minimum atomic E-state index is -0.701. The highest BCUT2D eigenvalue weighted by atomic mass is 16.7. The van der Waals surface area contributed by atoms with Crippen LogP contribution in [0.1, 0.15) is 35.4 Å². The Morgan fingerprint density at radius 2 is 1.74 bits per heavy atom. The lowest BCUT2D eigenvalue weighted by atomic mass is 9.87. The molecule has 0 spiro atoms. The van der Waals surface area contributed by atoms with Crippen LogP contribution in [0.4, 0.5) is 0 Å². The second kappa shape index (κ2) is 16.9. The summed E-state index contributed by atoms with van der Waals surface area (Å²) in [7, 11) is 3.24. The average molecular weight is 627 g/mol. The molecule has 3 unspecified atom stereocenters. The van der Waals surface area contributed by atoms with E-state index in [-0.39, 0.29) is 25.2 Å². The number of aliphatic hydroxyl groups is 1. The Bertz CT molecular complexity index is 1590. The summed E-state index contributed by atoms with van der Waals surface area (Å²) in [5.74, 6) is 2.30. The molecule has 0 aromatic heterocycles. The zero-order valence-corrected chi connectivity index (χ0v) is 26.5. The number of rotatable bonds is 16. The van der Waals surface area contributed by atoms with Gasteiger partial charge in [0.25, 0.3) is 0 Å². The van der Waals surface area contributed by atoms with Crippen LogP contribution in [0.5, 0.6) is 17.2 Å². The van der Waals surface area contributed by atoms with Crippen LogP contribution in [0.3, 0.4) is 0 Å². The smallest absolute Gasteiger partial charge is 0.137 e. The maximum absolute atomic E-state index is 10.1. The van der Waals surface area contributed by atoms with Crippen LogP contribution in [0, 0.1) is 11.3 Å². The molecular formula is C37H42N2O7. The van der Waals surface area contributed by atoms with Crippen molar-refractivity contribution in [2.24, 2.45) is 0 Å². The summed E-state index contributed by atoms with van der Waals surface area (Å²) in [6, 6.07) is 29.9. The van der Waals surface area contributed by atoms with Gasteiger partial charge >= 0.3 is 0 Å². The average Bonchev–Trinajstić information content (AvgIpc) is 3.09. The molecule has 0 radical (unpaired) electrons. The van der Waals surface area contributed by atoms with Gasteiger partial charge < -0.3 is 28.8 Å². The second-order valence-electron chi connectivity index (χ2n) is 11.3. The van der Waals surface area contributed by atoms with E-state index in [9.17, 15) is 10.4 Å². The van der Waals surface area contributed by atoms with Crippen LogP contribution < -0.4 is 14.2 Å². The van der Waals surface area contributed by atoms with Gasteiger partial charge in [0.05, 0.1) is 58.4 Å². The molecule has 9 nitrogen and oxygen atoms in total. The van der Waals surface area contributed by atoms with Gasteiger partial charge in [0, 0.05) is 31.4 Å². The van der Waals surface area contributed by atoms with Gasteiger partial charge in [-0.3, -0.25) is 4.84 Å². The fraction of sp³-hybridized carbons (Fsp3) is 0.378. The zero-order chi connectivity index (χ0) is 32.1. The molecule has 1 aliphatic rings. The Balaban J connectivity index is 1.24. The lowest BCUT2D eigenvalue weighted by Crippen LogP contribution is -2.45. The third-order valence-corrected chi connectivity index (χ3v) is 8.01. The number of piperidine rings is 1. The van der Waals surface area contributed by atoms with E-state index < -0.39 is 6.10 Å². The molecule has 242 valence electrons. The molecule has 1 N–H and O–H groups in total. The topological polar surface area (TPSA) is 103 Å². The number of para-hydroxylation sites is 1. The molecule has 9 heteroatoms. The van der Waals surface area contributed by atoms with E-state index in [1.165, 1.54) is 0 Å². The first-order valence-corrected chi connectivity index (χ1v) is 15.6. The first-order chi connectivity index (χ1) is 22.6. The van der Waals surface area contributed by atoms with Crippen LogP contribution in [0.2, 0.25) is 0 Å². The van der Waals surface area contributed by atoms with Crippen LogP contribution in [-0.2, 0) is 20.9 Å². The van der Waals surface area contributed by atoms with Gasteiger partial charge in [-0.05, 0) is 59.3 Å². The van der Waals surface area contributed by atoms with Crippen LogP contribution >= 0.6 is 0 Å². The molecule has 1 fully saturated rings. The number of fused-ring (bicyclic) bond motifs is 1. The van der Waals surface area contributed by atoms with Crippen molar-refractivity contribution < 1.29 is 33.6 Å². The number of hydrogen-bond donors (Lipinski definition) is 1. The van der Waals surface area contributed by atoms with Crippen LogP contribution in [-0.4, -0.2) is 76.1 Å². The number of hydroxylamine groups is 2. The monoisotopic (exact) mass is 626 g/mol. The summed E-state index contributed by atoms with van der Waals surface area (Å²) < 4.78 is 29.3. The highest BCUT2D eigenvalue weighted by molar-refractivity contribution is 5.89. The van der Waals surface area contributed by atoms with Crippen molar-refractivity contribution in [2.75, 3.05) is 53.7 Å². The van der Waals surface area contributed by atoms with Crippen molar-refractivity contribution in [3.05, 3.63) is 102 Å². The Morgan fingerprint density at radius 3 is 2.59 bits per heavy atom. The maximum Gasteiger partial charge on any atom is 0.137 e. The second-order valence-corrected chi connectivity index (χ2v) is 11.3. The normalized spacial score (nSPS) is 17.3. The van der Waals surface area contributed by atoms with E-state index in [0.29, 0.717) is 50.6 Å². The molecule has 46 heavy (non-hydrogen) atoms. The Kier molecular flexibility index (Phi) is 12.2. The summed E-state index contributed by atoms with van der Waals surface area (Å²) in [5.41, 5.74) is 2.69.